The van der Waals surface area contributed by atoms with Crippen LogP contribution in [0.2, 0.25) is 5.02 Å². The Bertz CT molecular complexity index is 547. The minimum atomic E-state index is -0.937. The second-order valence-electron chi connectivity index (χ2n) is 4.21. The number of benzene rings is 1. The van der Waals surface area contributed by atoms with Gasteiger partial charge >= 0.3 is 5.97 Å². The first kappa shape index (κ1) is 15.9. The first-order valence-corrected chi connectivity index (χ1v) is 6.15. The highest BCUT2D eigenvalue weighted by Crippen LogP contribution is 2.22. The zero-order valence-electron chi connectivity index (χ0n) is 10.6. The van der Waals surface area contributed by atoms with Gasteiger partial charge in [0.1, 0.15) is 0 Å². The van der Waals surface area contributed by atoms with E-state index in [1.807, 2.05) is 0 Å². The lowest BCUT2D eigenvalue weighted by Crippen LogP contribution is -2.27. The third kappa shape index (κ3) is 4.20. The van der Waals surface area contributed by atoms with Crippen molar-refractivity contribution in [3.8, 4) is 0 Å². The smallest absolute Gasteiger partial charge is 0.306 e. The van der Waals surface area contributed by atoms with Gasteiger partial charge in [-0.25, -0.2) is 0 Å². The summed E-state index contributed by atoms with van der Waals surface area (Å²) < 4.78 is 0. The molecule has 20 heavy (non-hydrogen) atoms. The number of halogens is 1. The molecule has 0 spiro atoms. The van der Waals surface area contributed by atoms with Crippen molar-refractivity contribution in [3.05, 3.63) is 38.9 Å². The van der Waals surface area contributed by atoms with Crippen LogP contribution in [-0.4, -0.2) is 28.5 Å². The van der Waals surface area contributed by atoms with Crippen molar-refractivity contribution in [2.45, 2.75) is 13.3 Å². The van der Waals surface area contributed by atoms with Crippen molar-refractivity contribution in [1.82, 2.24) is 5.32 Å². The van der Waals surface area contributed by atoms with Crippen LogP contribution in [0.3, 0.4) is 0 Å². The Kier molecular flexibility index (Phi) is 5.45. The number of amides is 1. The minimum Gasteiger partial charge on any atom is -0.481 e. The van der Waals surface area contributed by atoms with Gasteiger partial charge in [0.15, 0.2) is 0 Å². The van der Waals surface area contributed by atoms with Crippen molar-refractivity contribution < 1.29 is 19.6 Å². The molecule has 0 radical (unpaired) electrons. The highest BCUT2D eigenvalue weighted by Gasteiger charge is 2.16. The number of carboxylic acids is 1. The summed E-state index contributed by atoms with van der Waals surface area (Å²) in [7, 11) is 0. The second kappa shape index (κ2) is 6.85. The van der Waals surface area contributed by atoms with Gasteiger partial charge in [-0.3, -0.25) is 19.7 Å². The molecule has 1 aromatic rings. The first-order valence-electron chi connectivity index (χ1n) is 5.78. The molecule has 1 unspecified atom stereocenters. The number of carbonyl (C=O) groups excluding carboxylic acids is 1. The van der Waals surface area contributed by atoms with E-state index in [4.69, 9.17) is 16.7 Å². The van der Waals surface area contributed by atoms with Gasteiger partial charge in [0.25, 0.3) is 11.6 Å². The van der Waals surface area contributed by atoms with Crippen LogP contribution in [0, 0.1) is 16.0 Å². The molecule has 2 N–H and O–H groups in total. The van der Waals surface area contributed by atoms with Crippen LogP contribution >= 0.6 is 11.6 Å². The molecular weight excluding hydrogens is 288 g/mol. The Morgan fingerprint density at radius 3 is 2.65 bits per heavy atom. The number of nitrogens with one attached hydrogen (secondary N) is 1. The van der Waals surface area contributed by atoms with E-state index in [1.165, 1.54) is 19.1 Å². The van der Waals surface area contributed by atoms with Crippen LogP contribution in [0.4, 0.5) is 5.69 Å². The Hall–Kier alpha value is -2.15. The maximum atomic E-state index is 11.8. The number of hydrogen-bond donors (Lipinski definition) is 2. The van der Waals surface area contributed by atoms with Crippen molar-refractivity contribution in [2.75, 3.05) is 6.54 Å². The number of nitro groups is 1. The maximum Gasteiger partial charge on any atom is 0.306 e. The van der Waals surface area contributed by atoms with Crippen molar-refractivity contribution >= 4 is 29.2 Å². The van der Waals surface area contributed by atoms with E-state index in [-0.39, 0.29) is 29.2 Å². The quantitative estimate of drug-likeness (QED) is 0.617. The summed E-state index contributed by atoms with van der Waals surface area (Å²) in [4.78, 5) is 32.3. The van der Waals surface area contributed by atoms with Gasteiger partial charge in [0, 0.05) is 18.7 Å². The average Bonchev–Trinajstić information content (AvgIpc) is 2.37. The Labute approximate surface area is 119 Å². The van der Waals surface area contributed by atoms with Crippen molar-refractivity contribution in [1.29, 1.82) is 0 Å². The predicted molar refractivity (Wildman–Crippen MR) is 71.9 cm³/mol. The monoisotopic (exact) mass is 300 g/mol. The van der Waals surface area contributed by atoms with E-state index in [0.29, 0.717) is 0 Å². The molecule has 0 aliphatic rings. The van der Waals surface area contributed by atoms with Crippen LogP contribution in [0.5, 0.6) is 0 Å². The number of non-ortho nitro benzene ring substituents is 1. The molecule has 1 atom stereocenters. The lowest BCUT2D eigenvalue weighted by atomic mass is 10.1. The lowest BCUT2D eigenvalue weighted by Gasteiger charge is -2.08. The fourth-order valence-electron chi connectivity index (χ4n) is 1.42. The molecule has 0 heterocycles. The van der Waals surface area contributed by atoms with E-state index in [1.54, 1.807) is 0 Å². The van der Waals surface area contributed by atoms with E-state index in [9.17, 15) is 19.7 Å². The molecule has 0 bridgehead atoms. The van der Waals surface area contributed by atoms with Gasteiger partial charge in [-0.05, 0) is 12.5 Å². The Balaban J connectivity index is 2.64. The van der Waals surface area contributed by atoms with Gasteiger partial charge in [-0.2, -0.15) is 0 Å². The van der Waals surface area contributed by atoms with Crippen molar-refractivity contribution in [2.24, 2.45) is 5.92 Å². The summed E-state index contributed by atoms with van der Waals surface area (Å²) in [5.74, 6) is -2.00. The van der Waals surface area contributed by atoms with Gasteiger partial charge in [-0.1, -0.05) is 18.5 Å². The molecule has 1 aromatic carbocycles. The largest absolute Gasteiger partial charge is 0.481 e. The number of aliphatic carboxylic acids is 1. The van der Waals surface area contributed by atoms with Crippen LogP contribution in [-0.2, 0) is 4.79 Å². The van der Waals surface area contributed by atoms with Gasteiger partial charge in [-0.15, -0.1) is 0 Å². The van der Waals surface area contributed by atoms with Crippen LogP contribution in [0.25, 0.3) is 0 Å². The SMILES string of the molecule is CC(CCNC(=O)c1ccc([N+](=O)[O-])cc1Cl)C(=O)O. The summed E-state index contributed by atoms with van der Waals surface area (Å²) in [6.45, 7) is 1.72. The summed E-state index contributed by atoms with van der Waals surface area (Å²) >= 11 is 5.80. The lowest BCUT2D eigenvalue weighted by molar-refractivity contribution is -0.384. The van der Waals surface area contributed by atoms with Gasteiger partial charge in [0.05, 0.1) is 21.4 Å². The summed E-state index contributed by atoms with van der Waals surface area (Å²) in [6.07, 6.45) is 0.283. The zero-order valence-corrected chi connectivity index (χ0v) is 11.4. The van der Waals surface area contributed by atoms with Gasteiger partial charge < -0.3 is 10.4 Å². The molecule has 8 heteroatoms. The van der Waals surface area contributed by atoms with Crippen LogP contribution in [0.1, 0.15) is 23.7 Å². The second-order valence-corrected chi connectivity index (χ2v) is 4.61. The van der Waals surface area contributed by atoms with Gasteiger partial charge in [0.2, 0.25) is 0 Å². The normalized spacial score (nSPS) is 11.7. The van der Waals surface area contributed by atoms with Crippen LogP contribution < -0.4 is 5.32 Å². The average molecular weight is 301 g/mol. The molecule has 1 rings (SSSR count). The molecule has 0 saturated heterocycles. The Morgan fingerprint density at radius 2 is 2.15 bits per heavy atom. The summed E-state index contributed by atoms with van der Waals surface area (Å²) in [5.41, 5.74) is -0.0914. The molecule has 108 valence electrons. The molecule has 0 saturated carbocycles. The number of rotatable bonds is 6. The fraction of sp³-hybridized carbons (Fsp3) is 0.333. The number of nitro benzene ring substituents is 1. The summed E-state index contributed by atoms with van der Waals surface area (Å²) in [5, 5.41) is 21.7. The maximum absolute atomic E-state index is 11.8. The molecule has 0 aromatic heterocycles. The third-order valence-corrected chi connectivity index (χ3v) is 3.01. The molecule has 7 nitrogen and oxygen atoms in total. The van der Waals surface area contributed by atoms with E-state index < -0.39 is 22.7 Å². The van der Waals surface area contributed by atoms with E-state index >= 15 is 0 Å². The van der Waals surface area contributed by atoms with E-state index in [2.05, 4.69) is 5.32 Å². The zero-order chi connectivity index (χ0) is 15.3. The number of carbonyl (C=O) groups is 2. The van der Waals surface area contributed by atoms with E-state index in [0.717, 1.165) is 6.07 Å². The number of nitrogens with zero attached hydrogens (tertiary/aromatic N) is 1. The highest BCUT2D eigenvalue weighted by atomic mass is 35.5. The minimum absolute atomic E-state index is 0.0250. The summed E-state index contributed by atoms with van der Waals surface area (Å²) in [6, 6.07) is 3.54. The molecule has 0 aliphatic heterocycles. The predicted octanol–water partition coefficient (Wildman–Crippen LogP) is 2.09. The molecule has 0 aliphatic carbocycles. The topological polar surface area (TPSA) is 110 Å². The first-order chi connectivity index (χ1) is 9.32. The molecular formula is C12H13ClN2O5. The fourth-order valence-corrected chi connectivity index (χ4v) is 1.68. The van der Waals surface area contributed by atoms with Crippen LogP contribution in [0.15, 0.2) is 18.2 Å². The van der Waals surface area contributed by atoms with Crippen molar-refractivity contribution in [3.63, 3.8) is 0 Å². The molecule has 1 amide bonds. The third-order valence-electron chi connectivity index (χ3n) is 2.69. The Morgan fingerprint density at radius 1 is 1.50 bits per heavy atom. The molecule has 0 fully saturated rings. The highest BCUT2D eigenvalue weighted by molar-refractivity contribution is 6.34. The standard InChI is InChI=1S/C12H13ClN2O5/c1-7(12(17)18)4-5-14-11(16)9-3-2-8(15(19)20)6-10(9)13/h2-3,6-7H,4-5H2,1H3,(H,14,16)(H,17,18). The number of carboxylic acid groups (broad SMARTS) is 1. The number of hydrogen-bond acceptors (Lipinski definition) is 4.